The highest BCUT2D eigenvalue weighted by Crippen LogP contribution is 2.38. The van der Waals surface area contributed by atoms with Crippen molar-refractivity contribution >= 4 is 17.2 Å². The molecule has 1 amide bonds. The van der Waals surface area contributed by atoms with Gasteiger partial charge in [0.25, 0.3) is 5.91 Å². The third-order valence-corrected chi connectivity index (χ3v) is 6.22. The molecule has 120 valence electrons. The van der Waals surface area contributed by atoms with Crippen LogP contribution >= 0.6 is 11.3 Å². The van der Waals surface area contributed by atoms with Crippen LogP contribution in [0.25, 0.3) is 0 Å². The number of fused-ring (bicyclic) bond motifs is 3. The van der Waals surface area contributed by atoms with Gasteiger partial charge < -0.3 is 9.47 Å². The maximum Gasteiger partial charge on any atom is 0.270 e. The van der Waals surface area contributed by atoms with Crippen molar-refractivity contribution in [3.63, 3.8) is 0 Å². The molecule has 23 heavy (non-hydrogen) atoms. The summed E-state index contributed by atoms with van der Waals surface area (Å²) in [6.07, 6.45) is 4.68. The summed E-state index contributed by atoms with van der Waals surface area (Å²) in [5.74, 6) is 0.979. The van der Waals surface area contributed by atoms with Gasteiger partial charge in [0.2, 0.25) is 0 Å². The summed E-state index contributed by atoms with van der Waals surface area (Å²) in [5, 5.41) is 4.38. The summed E-state index contributed by atoms with van der Waals surface area (Å²) >= 11 is 1.76. The van der Waals surface area contributed by atoms with Crippen LogP contribution in [0.5, 0.6) is 0 Å². The molecule has 5 heteroatoms. The summed E-state index contributed by atoms with van der Waals surface area (Å²) in [7, 11) is 0. The monoisotopic (exact) mass is 327 g/mol. The van der Waals surface area contributed by atoms with E-state index in [1.807, 2.05) is 12.1 Å². The first-order valence-electron chi connectivity index (χ1n) is 8.51. The van der Waals surface area contributed by atoms with Gasteiger partial charge in [0.15, 0.2) is 0 Å². The molecule has 2 aromatic rings. The summed E-state index contributed by atoms with van der Waals surface area (Å²) in [5.41, 5.74) is 2.27. The molecular weight excluding hydrogens is 306 g/mol. The molecule has 0 spiro atoms. The number of carbonyl (C=O) groups is 1. The van der Waals surface area contributed by atoms with Gasteiger partial charge in [0, 0.05) is 32.4 Å². The molecule has 1 saturated heterocycles. The van der Waals surface area contributed by atoms with Gasteiger partial charge >= 0.3 is 0 Å². The highest BCUT2D eigenvalue weighted by molar-refractivity contribution is 7.07. The van der Waals surface area contributed by atoms with Crippen molar-refractivity contribution in [3.8, 4) is 0 Å². The van der Waals surface area contributed by atoms with E-state index >= 15 is 0 Å². The van der Waals surface area contributed by atoms with E-state index < -0.39 is 0 Å². The van der Waals surface area contributed by atoms with Gasteiger partial charge in [-0.05, 0) is 53.3 Å². The maximum absolute atomic E-state index is 12.9. The minimum atomic E-state index is 0.237. The van der Waals surface area contributed by atoms with Gasteiger partial charge in [-0.2, -0.15) is 11.3 Å². The fourth-order valence-corrected chi connectivity index (χ4v) is 4.82. The van der Waals surface area contributed by atoms with Crippen LogP contribution in [0.2, 0.25) is 0 Å². The fourth-order valence-electron chi connectivity index (χ4n) is 4.16. The van der Waals surface area contributed by atoms with E-state index in [-0.39, 0.29) is 5.91 Å². The van der Waals surface area contributed by atoms with Gasteiger partial charge in [0.05, 0.1) is 12.1 Å². The molecule has 2 aliphatic heterocycles. The van der Waals surface area contributed by atoms with Crippen molar-refractivity contribution in [2.24, 2.45) is 5.92 Å². The zero-order chi connectivity index (χ0) is 15.4. The molecule has 1 aliphatic carbocycles. The Kier molecular flexibility index (Phi) is 3.13. The van der Waals surface area contributed by atoms with Crippen LogP contribution in [-0.4, -0.2) is 46.0 Å². The summed E-state index contributed by atoms with van der Waals surface area (Å²) in [4.78, 5) is 17.6. The van der Waals surface area contributed by atoms with E-state index in [0.717, 1.165) is 37.8 Å². The summed E-state index contributed by atoms with van der Waals surface area (Å²) < 4.78 is 2.23. The first-order valence-corrected chi connectivity index (χ1v) is 9.45. The molecule has 2 atom stereocenters. The Labute approximate surface area is 140 Å². The third kappa shape index (κ3) is 2.34. The van der Waals surface area contributed by atoms with Gasteiger partial charge in [-0.1, -0.05) is 0 Å². The van der Waals surface area contributed by atoms with Crippen molar-refractivity contribution in [3.05, 3.63) is 46.4 Å². The molecule has 0 unspecified atom stereocenters. The highest BCUT2D eigenvalue weighted by atomic mass is 32.1. The number of carbonyl (C=O) groups excluding carboxylic acids is 1. The predicted molar refractivity (Wildman–Crippen MR) is 90.6 cm³/mol. The molecule has 2 aromatic heterocycles. The third-order valence-electron chi connectivity index (χ3n) is 5.49. The van der Waals surface area contributed by atoms with Crippen LogP contribution < -0.4 is 0 Å². The Hall–Kier alpha value is -1.59. The number of hydrogen-bond donors (Lipinski definition) is 0. The number of rotatable bonds is 4. The minimum Gasteiger partial charge on any atom is -0.337 e. The van der Waals surface area contributed by atoms with Crippen molar-refractivity contribution in [1.82, 2.24) is 14.4 Å². The first-order chi connectivity index (χ1) is 11.3. The SMILES string of the molecule is O=C1c2cccn2[C@H]2CN(Cc3ccsc3)C[C@@H]2N1CC1CC1. The lowest BCUT2D eigenvalue weighted by Gasteiger charge is -2.38. The van der Waals surface area contributed by atoms with E-state index in [9.17, 15) is 4.79 Å². The number of hydrogen-bond acceptors (Lipinski definition) is 3. The minimum absolute atomic E-state index is 0.237. The number of aromatic nitrogens is 1. The van der Waals surface area contributed by atoms with Gasteiger partial charge in [-0.25, -0.2) is 0 Å². The molecule has 0 radical (unpaired) electrons. The quantitative estimate of drug-likeness (QED) is 0.864. The summed E-state index contributed by atoms with van der Waals surface area (Å²) in [6, 6.07) is 6.96. The zero-order valence-electron chi connectivity index (χ0n) is 13.1. The molecule has 0 aromatic carbocycles. The molecule has 4 nitrogen and oxygen atoms in total. The highest BCUT2D eigenvalue weighted by Gasteiger charge is 2.46. The number of amides is 1. The van der Waals surface area contributed by atoms with Gasteiger partial charge in [-0.3, -0.25) is 9.69 Å². The average Bonchev–Trinajstić information content (AvgIpc) is 2.99. The van der Waals surface area contributed by atoms with Crippen LogP contribution in [0.15, 0.2) is 35.2 Å². The topological polar surface area (TPSA) is 28.5 Å². The van der Waals surface area contributed by atoms with E-state index in [4.69, 9.17) is 0 Å². The second-order valence-corrected chi connectivity index (χ2v) is 7.94. The van der Waals surface area contributed by atoms with Crippen LogP contribution in [-0.2, 0) is 6.54 Å². The lowest BCUT2D eigenvalue weighted by Crippen LogP contribution is -2.51. The van der Waals surface area contributed by atoms with E-state index in [2.05, 4.69) is 37.4 Å². The Bertz CT molecular complexity index is 718. The molecule has 0 N–H and O–H groups in total. The van der Waals surface area contributed by atoms with Crippen LogP contribution in [0.3, 0.4) is 0 Å². The van der Waals surface area contributed by atoms with Gasteiger partial charge in [-0.15, -0.1) is 0 Å². The van der Waals surface area contributed by atoms with Crippen LogP contribution in [0, 0.1) is 5.92 Å². The largest absolute Gasteiger partial charge is 0.337 e. The van der Waals surface area contributed by atoms with Crippen molar-refractivity contribution in [2.75, 3.05) is 19.6 Å². The van der Waals surface area contributed by atoms with E-state index in [1.54, 1.807) is 11.3 Å². The molecule has 5 rings (SSSR count). The van der Waals surface area contributed by atoms with Crippen molar-refractivity contribution in [1.29, 1.82) is 0 Å². The van der Waals surface area contributed by atoms with E-state index in [0.29, 0.717) is 12.1 Å². The Morgan fingerprint density at radius 2 is 2.04 bits per heavy atom. The standard InChI is InChI=1S/C18H21N3OS/c22-18-15-2-1-6-20(15)16-10-19(8-14-5-7-23-12-14)11-17(16)21(18)9-13-3-4-13/h1-2,5-7,12-13,16-17H,3-4,8-11H2/t16-,17-/m0/s1. The molecule has 2 fully saturated rings. The van der Waals surface area contributed by atoms with Crippen molar-refractivity contribution < 1.29 is 4.79 Å². The Balaban J connectivity index is 1.43. The molecule has 0 bridgehead atoms. The Morgan fingerprint density at radius 3 is 2.83 bits per heavy atom. The number of nitrogens with zero attached hydrogens (tertiary/aromatic N) is 3. The van der Waals surface area contributed by atoms with Crippen LogP contribution in [0.4, 0.5) is 0 Å². The molecule has 3 aliphatic rings. The lowest BCUT2D eigenvalue weighted by atomic mass is 10.1. The Morgan fingerprint density at radius 1 is 1.17 bits per heavy atom. The zero-order valence-corrected chi connectivity index (χ0v) is 13.9. The van der Waals surface area contributed by atoms with Crippen LogP contribution in [0.1, 0.15) is 34.9 Å². The molecular formula is C18H21N3OS. The number of likely N-dealkylation sites (tertiary alicyclic amines) is 1. The average molecular weight is 327 g/mol. The smallest absolute Gasteiger partial charge is 0.270 e. The maximum atomic E-state index is 12.9. The fraction of sp³-hybridized carbons (Fsp3) is 0.500. The lowest BCUT2D eigenvalue weighted by molar-refractivity contribution is 0.0565. The predicted octanol–water partition coefficient (Wildman–Crippen LogP) is 2.84. The molecule has 4 heterocycles. The van der Waals surface area contributed by atoms with Crippen molar-refractivity contribution in [2.45, 2.75) is 31.5 Å². The van der Waals surface area contributed by atoms with E-state index in [1.165, 1.54) is 18.4 Å². The number of thiophene rings is 1. The summed E-state index contributed by atoms with van der Waals surface area (Å²) in [6.45, 7) is 3.99. The molecule has 1 saturated carbocycles. The second-order valence-electron chi connectivity index (χ2n) is 7.16. The van der Waals surface area contributed by atoms with Gasteiger partial charge in [0.1, 0.15) is 5.69 Å². The second kappa shape index (κ2) is 5.21. The normalized spacial score (nSPS) is 27.3. The first kappa shape index (κ1) is 13.8.